The maximum Gasteiger partial charge on any atom is 0.308 e. The molecule has 3 aromatic rings. The second-order valence-corrected chi connectivity index (χ2v) is 7.57. The SMILES string of the molecule is CC(=O)NC(CC(=O)OCc1c(C)nn(-c2ccccc2)c1Cl)c1cccs1. The van der Waals surface area contributed by atoms with Crippen LogP contribution in [-0.4, -0.2) is 21.7 Å². The smallest absolute Gasteiger partial charge is 0.308 e. The zero-order chi connectivity index (χ0) is 20.1. The zero-order valence-corrected chi connectivity index (χ0v) is 17.1. The standard InChI is InChI=1S/C20H20ClN3O3S/c1-13-16(20(21)24(23-13)15-7-4-3-5-8-15)12-27-19(26)11-17(22-14(2)25)18-9-6-10-28-18/h3-10,17H,11-12H2,1-2H3,(H,22,25). The predicted molar refractivity (Wildman–Crippen MR) is 109 cm³/mol. The third kappa shape index (κ3) is 4.79. The summed E-state index contributed by atoms with van der Waals surface area (Å²) in [5.74, 6) is -0.621. The fraction of sp³-hybridized carbons (Fsp3) is 0.250. The molecule has 1 atom stereocenters. The number of hydrogen-bond acceptors (Lipinski definition) is 5. The minimum absolute atomic E-state index is 0.0214. The normalized spacial score (nSPS) is 11.8. The van der Waals surface area contributed by atoms with E-state index >= 15 is 0 Å². The molecule has 2 aromatic heterocycles. The first-order valence-electron chi connectivity index (χ1n) is 8.71. The van der Waals surface area contributed by atoms with E-state index in [0.717, 1.165) is 10.6 Å². The lowest BCUT2D eigenvalue weighted by Gasteiger charge is -2.15. The first-order chi connectivity index (χ1) is 13.5. The van der Waals surface area contributed by atoms with Crippen LogP contribution in [0.4, 0.5) is 0 Å². The van der Waals surface area contributed by atoms with Gasteiger partial charge in [-0.05, 0) is 30.5 Å². The first kappa shape index (κ1) is 20.1. The summed E-state index contributed by atoms with van der Waals surface area (Å²) < 4.78 is 7.04. The molecule has 0 aliphatic heterocycles. The average Bonchev–Trinajstić information content (AvgIpc) is 3.29. The van der Waals surface area contributed by atoms with Gasteiger partial charge in [-0.15, -0.1) is 11.3 Å². The van der Waals surface area contributed by atoms with Crippen LogP contribution in [0, 0.1) is 6.92 Å². The van der Waals surface area contributed by atoms with E-state index in [-0.39, 0.29) is 18.9 Å². The first-order valence-corrected chi connectivity index (χ1v) is 9.97. The third-order valence-corrected chi connectivity index (χ3v) is 5.51. The number of aryl methyl sites for hydroxylation is 1. The Balaban J connectivity index is 1.67. The van der Waals surface area contributed by atoms with Gasteiger partial charge in [0.2, 0.25) is 5.91 Å². The fourth-order valence-corrected chi connectivity index (χ4v) is 3.88. The lowest BCUT2D eigenvalue weighted by molar-refractivity contribution is -0.145. The highest BCUT2D eigenvalue weighted by atomic mass is 35.5. The number of thiophene rings is 1. The van der Waals surface area contributed by atoms with E-state index in [1.54, 1.807) is 4.68 Å². The Hall–Kier alpha value is -2.64. The van der Waals surface area contributed by atoms with Gasteiger partial charge >= 0.3 is 5.97 Å². The van der Waals surface area contributed by atoms with E-state index in [9.17, 15) is 9.59 Å². The van der Waals surface area contributed by atoms with Crippen LogP contribution in [-0.2, 0) is 20.9 Å². The Bertz CT molecular complexity index is 955. The van der Waals surface area contributed by atoms with Crippen molar-refractivity contribution >= 4 is 34.8 Å². The molecule has 0 spiro atoms. The topological polar surface area (TPSA) is 73.2 Å². The highest BCUT2D eigenvalue weighted by Gasteiger charge is 2.21. The molecule has 1 aromatic carbocycles. The van der Waals surface area contributed by atoms with Gasteiger partial charge in [0.15, 0.2) is 0 Å². The number of benzene rings is 1. The molecule has 1 amide bonds. The average molecular weight is 418 g/mol. The number of ether oxygens (including phenoxy) is 1. The van der Waals surface area contributed by atoms with Crippen molar-refractivity contribution in [1.29, 1.82) is 0 Å². The largest absolute Gasteiger partial charge is 0.461 e. The number of amides is 1. The number of nitrogens with zero attached hydrogens (tertiary/aromatic N) is 2. The summed E-state index contributed by atoms with van der Waals surface area (Å²) in [6.45, 7) is 3.26. The molecule has 0 bridgehead atoms. The number of carbonyl (C=O) groups excluding carboxylic acids is 2. The Morgan fingerprint density at radius 3 is 2.64 bits per heavy atom. The molecule has 2 heterocycles. The van der Waals surface area contributed by atoms with E-state index in [4.69, 9.17) is 16.3 Å². The molecule has 0 saturated heterocycles. The van der Waals surface area contributed by atoms with Gasteiger partial charge in [0.05, 0.1) is 23.8 Å². The van der Waals surface area contributed by atoms with Crippen molar-refractivity contribution in [2.45, 2.75) is 32.9 Å². The monoisotopic (exact) mass is 417 g/mol. The number of carbonyl (C=O) groups is 2. The van der Waals surface area contributed by atoms with Crippen molar-refractivity contribution in [3.63, 3.8) is 0 Å². The molecule has 0 radical (unpaired) electrons. The van der Waals surface area contributed by atoms with Gasteiger partial charge in [-0.2, -0.15) is 5.10 Å². The van der Waals surface area contributed by atoms with Crippen LogP contribution in [0.25, 0.3) is 5.69 Å². The molecule has 28 heavy (non-hydrogen) atoms. The van der Waals surface area contributed by atoms with Gasteiger partial charge in [0.25, 0.3) is 0 Å². The van der Waals surface area contributed by atoms with Crippen molar-refractivity contribution in [3.8, 4) is 5.69 Å². The van der Waals surface area contributed by atoms with Gasteiger partial charge in [-0.3, -0.25) is 9.59 Å². The van der Waals surface area contributed by atoms with Crippen LogP contribution in [0.2, 0.25) is 5.15 Å². The minimum atomic E-state index is -0.421. The van der Waals surface area contributed by atoms with E-state index in [0.29, 0.717) is 16.4 Å². The number of aromatic nitrogens is 2. The fourth-order valence-electron chi connectivity index (χ4n) is 2.77. The Kier molecular flexibility index (Phi) is 6.49. The molecular weight excluding hydrogens is 398 g/mol. The number of rotatable bonds is 7. The summed E-state index contributed by atoms with van der Waals surface area (Å²) in [7, 11) is 0. The summed E-state index contributed by atoms with van der Waals surface area (Å²) in [4.78, 5) is 24.7. The van der Waals surface area contributed by atoms with Gasteiger partial charge in [-0.25, -0.2) is 4.68 Å². The van der Waals surface area contributed by atoms with Crippen LogP contribution in [0.5, 0.6) is 0 Å². The van der Waals surface area contributed by atoms with Gasteiger partial charge < -0.3 is 10.1 Å². The molecule has 1 unspecified atom stereocenters. The lowest BCUT2D eigenvalue weighted by Crippen LogP contribution is -2.28. The van der Waals surface area contributed by atoms with Crippen molar-refractivity contribution in [1.82, 2.24) is 15.1 Å². The van der Waals surface area contributed by atoms with Crippen LogP contribution in [0.15, 0.2) is 47.8 Å². The summed E-state index contributed by atoms with van der Waals surface area (Å²) in [6.07, 6.45) is 0.0452. The Labute approximate surface area is 172 Å². The van der Waals surface area contributed by atoms with Crippen LogP contribution in [0.1, 0.15) is 35.5 Å². The second-order valence-electron chi connectivity index (χ2n) is 6.24. The number of para-hydroxylation sites is 1. The molecule has 0 saturated carbocycles. The number of halogens is 1. The zero-order valence-electron chi connectivity index (χ0n) is 15.5. The van der Waals surface area contributed by atoms with E-state index in [1.165, 1.54) is 18.3 Å². The molecule has 146 valence electrons. The van der Waals surface area contributed by atoms with Crippen molar-refractivity contribution in [2.75, 3.05) is 0 Å². The van der Waals surface area contributed by atoms with Gasteiger partial charge in [-0.1, -0.05) is 35.9 Å². The lowest BCUT2D eigenvalue weighted by atomic mass is 10.1. The highest BCUT2D eigenvalue weighted by Crippen LogP contribution is 2.26. The Morgan fingerprint density at radius 1 is 1.25 bits per heavy atom. The van der Waals surface area contributed by atoms with Crippen molar-refractivity contribution in [3.05, 3.63) is 69.1 Å². The molecule has 0 fully saturated rings. The van der Waals surface area contributed by atoms with E-state index < -0.39 is 12.0 Å². The maximum atomic E-state index is 12.4. The molecule has 0 aliphatic carbocycles. The van der Waals surface area contributed by atoms with Crippen molar-refractivity contribution < 1.29 is 14.3 Å². The summed E-state index contributed by atoms with van der Waals surface area (Å²) in [5, 5.41) is 9.54. The second kappa shape index (κ2) is 9.03. The Morgan fingerprint density at radius 2 is 2.00 bits per heavy atom. The highest BCUT2D eigenvalue weighted by molar-refractivity contribution is 7.10. The summed E-state index contributed by atoms with van der Waals surface area (Å²) in [5.41, 5.74) is 2.18. The number of esters is 1. The maximum absolute atomic E-state index is 12.4. The predicted octanol–water partition coefficient (Wildman–Crippen LogP) is 4.21. The summed E-state index contributed by atoms with van der Waals surface area (Å²) in [6, 6.07) is 12.8. The van der Waals surface area contributed by atoms with Crippen LogP contribution >= 0.6 is 22.9 Å². The van der Waals surface area contributed by atoms with Gasteiger partial charge in [0.1, 0.15) is 11.8 Å². The number of nitrogens with one attached hydrogen (secondary N) is 1. The minimum Gasteiger partial charge on any atom is -0.461 e. The third-order valence-electron chi connectivity index (χ3n) is 4.13. The van der Waals surface area contributed by atoms with Crippen LogP contribution < -0.4 is 5.32 Å². The van der Waals surface area contributed by atoms with Crippen molar-refractivity contribution in [2.24, 2.45) is 0 Å². The molecule has 0 aliphatic rings. The molecule has 3 rings (SSSR count). The summed E-state index contributed by atoms with van der Waals surface area (Å²) >= 11 is 7.94. The number of hydrogen-bond donors (Lipinski definition) is 1. The quantitative estimate of drug-likeness (QED) is 0.584. The molecule has 6 nitrogen and oxygen atoms in total. The molecule has 8 heteroatoms. The van der Waals surface area contributed by atoms with Crippen LogP contribution in [0.3, 0.4) is 0 Å². The molecule has 1 N–H and O–H groups in total. The van der Waals surface area contributed by atoms with E-state index in [1.807, 2.05) is 54.8 Å². The van der Waals surface area contributed by atoms with Gasteiger partial charge in [0, 0.05) is 17.4 Å². The van der Waals surface area contributed by atoms with E-state index in [2.05, 4.69) is 10.4 Å². The molecular formula is C20H20ClN3O3S.